The largest absolute Gasteiger partial charge is 0.388 e. The van der Waals surface area contributed by atoms with Crippen LogP contribution in [0.3, 0.4) is 0 Å². The summed E-state index contributed by atoms with van der Waals surface area (Å²) in [5.41, 5.74) is 1.92. The van der Waals surface area contributed by atoms with Gasteiger partial charge < -0.3 is 5.11 Å². The van der Waals surface area contributed by atoms with E-state index in [0.29, 0.717) is 5.41 Å². The number of benzene rings is 1. The summed E-state index contributed by atoms with van der Waals surface area (Å²) in [7, 11) is 0. The van der Waals surface area contributed by atoms with Crippen molar-refractivity contribution in [1.29, 1.82) is 0 Å². The molecule has 4 rings (SSSR count). The minimum atomic E-state index is -0.231. The lowest BCUT2D eigenvalue weighted by Gasteiger charge is -2.71. The Morgan fingerprint density at radius 2 is 1.71 bits per heavy atom. The number of hydrogen-bond donors (Lipinski definition) is 1. The smallest absolute Gasteiger partial charge is 0.0846 e. The summed E-state index contributed by atoms with van der Waals surface area (Å²) in [5, 5.41) is 10.3. The van der Waals surface area contributed by atoms with E-state index in [-0.39, 0.29) is 11.5 Å². The highest BCUT2D eigenvalue weighted by Gasteiger charge is 2.67. The number of hydrogen-bond acceptors (Lipinski definition) is 1. The maximum Gasteiger partial charge on any atom is 0.0846 e. The fourth-order valence-electron chi connectivity index (χ4n) is 3.67. The molecule has 1 nitrogen and oxygen atoms in total. The molecule has 0 amide bonds. The second-order valence-corrected chi connectivity index (χ2v) is 5.52. The summed E-state index contributed by atoms with van der Waals surface area (Å²) < 4.78 is 0. The van der Waals surface area contributed by atoms with Crippen LogP contribution in [0.1, 0.15) is 37.9 Å². The standard InChI is InChI=1S/C13H16O/c1-12-7-13(8-12,9-12)11(14)10-5-3-2-4-6-10/h2-6,11,14H,7-9H2,1H3/t11-,12?,13?/m1/s1. The predicted molar refractivity (Wildman–Crippen MR) is 55.8 cm³/mol. The summed E-state index contributed by atoms with van der Waals surface area (Å²) in [6, 6.07) is 10.1. The Bertz CT molecular complexity index is 335. The Kier molecular flexibility index (Phi) is 1.46. The normalized spacial score (nSPS) is 41.0. The van der Waals surface area contributed by atoms with Gasteiger partial charge in [-0.3, -0.25) is 0 Å². The van der Waals surface area contributed by atoms with Gasteiger partial charge in [0.05, 0.1) is 6.10 Å². The molecule has 0 aromatic heterocycles. The van der Waals surface area contributed by atoms with Gasteiger partial charge in [0.1, 0.15) is 0 Å². The molecule has 1 aromatic rings. The summed E-state index contributed by atoms with van der Waals surface area (Å²) in [4.78, 5) is 0. The Hall–Kier alpha value is -0.820. The Balaban J connectivity index is 1.82. The molecule has 0 unspecified atom stereocenters. The molecule has 3 fully saturated rings. The molecule has 1 atom stereocenters. The van der Waals surface area contributed by atoms with Crippen LogP contribution < -0.4 is 0 Å². The predicted octanol–water partition coefficient (Wildman–Crippen LogP) is 2.91. The van der Waals surface area contributed by atoms with Crippen molar-refractivity contribution in [3.63, 3.8) is 0 Å². The van der Waals surface area contributed by atoms with Gasteiger partial charge in [-0.15, -0.1) is 0 Å². The molecule has 0 heterocycles. The minimum Gasteiger partial charge on any atom is -0.388 e. The van der Waals surface area contributed by atoms with Crippen molar-refractivity contribution < 1.29 is 5.11 Å². The first-order valence-corrected chi connectivity index (χ1v) is 5.37. The van der Waals surface area contributed by atoms with Crippen LogP contribution in [-0.4, -0.2) is 5.11 Å². The molecule has 1 aromatic carbocycles. The molecule has 3 aliphatic rings. The van der Waals surface area contributed by atoms with Gasteiger partial charge in [0.2, 0.25) is 0 Å². The monoisotopic (exact) mass is 188 g/mol. The average molecular weight is 188 g/mol. The van der Waals surface area contributed by atoms with Crippen LogP contribution in [0.2, 0.25) is 0 Å². The van der Waals surface area contributed by atoms with Crippen molar-refractivity contribution in [3.05, 3.63) is 35.9 Å². The summed E-state index contributed by atoms with van der Waals surface area (Å²) in [6.07, 6.45) is 3.42. The Morgan fingerprint density at radius 1 is 1.14 bits per heavy atom. The van der Waals surface area contributed by atoms with Crippen molar-refractivity contribution in [2.45, 2.75) is 32.3 Å². The first kappa shape index (κ1) is 8.49. The highest BCUT2D eigenvalue weighted by Crippen LogP contribution is 2.77. The second kappa shape index (κ2) is 2.40. The third-order valence-corrected chi connectivity index (χ3v) is 4.03. The fourth-order valence-corrected chi connectivity index (χ4v) is 3.67. The van der Waals surface area contributed by atoms with Gasteiger partial charge in [-0.25, -0.2) is 0 Å². The lowest BCUT2D eigenvalue weighted by atomic mass is 9.34. The molecule has 1 heteroatoms. The van der Waals surface area contributed by atoms with E-state index in [9.17, 15) is 5.11 Å². The zero-order chi connectivity index (χ0) is 9.81. The minimum absolute atomic E-state index is 0.231. The molecule has 74 valence electrons. The summed E-state index contributed by atoms with van der Waals surface area (Å²) in [6.45, 7) is 2.33. The SMILES string of the molecule is CC12CC([C@H](O)c3ccccc3)(C1)C2. The zero-order valence-electron chi connectivity index (χ0n) is 8.53. The van der Waals surface area contributed by atoms with Crippen LogP contribution in [0, 0.1) is 10.8 Å². The fraction of sp³-hybridized carbons (Fsp3) is 0.538. The van der Waals surface area contributed by atoms with Crippen molar-refractivity contribution in [3.8, 4) is 0 Å². The Labute approximate surface area is 84.8 Å². The van der Waals surface area contributed by atoms with Crippen molar-refractivity contribution in [1.82, 2.24) is 0 Å². The molecular formula is C13H16O. The molecular weight excluding hydrogens is 172 g/mol. The van der Waals surface area contributed by atoms with Crippen LogP contribution >= 0.6 is 0 Å². The van der Waals surface area contributed by atoms with Crippen molar-refractivity contribution in [2.75, 3.05) is 0 Å². The first-order valence-electron chi connectivity index (χ1n) is 5.37. The van der Waals surface area contributed by atoms with Gasteiger partial charge in [0.15, 0.2) is 0 Å². The van der Waals surface area contributed by atoms with E-state index in [1.165, 1.54) is 19.3 Å². The van der Waals surface area contributed by atoms with E-state index in [4.69, 9.17) is 0 Å². The second-order valence-electron chi connectivity index (χ2n) is 5.52. The van der Waals surface area contributed by atoms with Crippen molar-refractivity contribution >= 4 is 0 Å². The summed E-state index contributed by atoms with van der Waals surface area (Å²) >= 11 is 0. The topological polar surface area (TPSA) is 20.2 Å². The number of aliphatic hydroxyl groups excluding tert-OH is 1. The highest BCUT2D eigenvalue weighted by molar-refractivity contribution is 5.27. The molecule has 0 radical (unpaired) electrons. The van der Waals surface area contributed by atoms with Crippen LogP contribution in [-0.2, 0) is 0 Å². The van der Waals surface area contributed by atoms with E-state index in [2.05, 4.69) is 6.92 Å². The van der Waals surface area contributed by atoms with E-state index >= 15 is 0 Å². The molecule has 0 aliphatic heterocycles. The quantitative estimate of drug-likeness (QED) is 0.756. The van der Waals surface area contributed by atoms with Crippen molar-refractivity contribution in [2.24, 2.45) is 10.8 Å². The third-order valence-electron chi connectivity index (χ3n) is 4.03. The molecule has 1 N–H and O–H groups in total. The lowest BCUT2D eigenvalue weighted by Crippen LogP contribution is -2.62. The van der Waals surface area contributed by atoms with E-state index < -0.39 is 0 Å². The Morgan fingerprint density at radius 3 is 2.21 bits per heavy atom. The summed E-state index contributed by atoms with van der Waals surface area (Å²) in [5.74, 6) is 0. The molecule has 3 saturated carbocycles. The number of rotatable bonds is 2. The van der Waals surface area contributed by atoms with Gasteiger partial charge in [0.25, 0.3) is 0 Å². The third kappa shape index (κ3) is 0.936. The molecule has 0 spiro atoms. The van der Waals surface area contributed by atoms with E-state index in [0.717, 1.165) is 5.56 Å². The maximum atomic E-state index is 10.3. The van der Waals surface area contributed by atoms with Crippen LogP contribution in [0.15, 0.2) is 30.3 Å². The maximum absolute atomic E-state index is 10.3. The first-order chi connectivity index (χ1) is 6.64. The van der Waals surface area contributed by atoms with Gasteiger partial charge in [-0.1, -0.05) is 37.3 Å². The van der Waals surface area contributed by atoms with Gasteiger partial charge in [-0.2, -0.15) is 0 Å². The molecule has 2 bridgehead atoms. The highest BCUT2D eigenvalue weighted by atomic mass is 16.3. The van der Waals surface area contributed by atoms with Gasteiger partial charge >= 0.3 is 0 Å². The van der Waals surface area contributed by atoms with Crippen LogP contribution in [0.4, 0.5) is 0 Å². The lowest BCUT2D eigenvalue weighted by molar-refractivity contribution is -0.247. The molecule has 14 heavy (non-hydrogen) atoms. The average Bonchev–Trinajstić information content (AvgIpc) is 2.12. The van der Waals surface area contributed by atoms with E-state index in [1.807, 2.05) is 30.3 Å². The van der Waals surface area contributed by atoms with Gasteiger partial charge in [0, 0.05) is 5.41 Å². The zero-order valence-corrected chi connectivity index (χ0v) is 8.53. The van der Waals surface area contributed by atoms with Crippen LogP contribution in [0.5, 0.6) is 0 Å². The molecule has 3 aliphatic carbocycles. The van der Waals surface area contributed by atoms with Crippen LogP contribution in [0.25, 0.3) is 0 Å². The molecule has 0 saturated heterocycles. The number of aliphatic hydroxyl groups is 1. The van der Waals surface area contributed by atoms with Gasteiger partial charge in [-0.05, 0) is 30.2 Å². The van der Waals surface area contributed by atoms with E-state index in [1.54, 1.807) is 0 Å².